The van der Waals surface area contributed by atoms with Gasteiger partial charge in [-0.3, -0.25) is 20.2 Å². The van der Waals surface area contributed by atoms with Crippen molar-refractivity contribution in [2.45, 2.75) is 6.18 Å². The molecule has 1 amide bonds. The Morgan fingerprint density at radius 1 is 1.13 bits per heavy atom. The van der Waals surface area contributed by atoms with Crippen LogP contribution in [0.3, 0.4) is 0 Å². The molecule has 2 aromatic carbocycles. The van der Waals surface area contributed by atoms with E-state index in [-0.39, 0.29) is 16.7 Å². The molecule has 3 rings (SSSR count). The fourth-order valence-corrected chi connectivity index (χ4v) is 4.06. The zero-order valence-electron chi connectivity index (χ0n) is 15.9. The molecule has 0 atom stereocenters. The van der Waals surface area contributed by atoms with Crippen LogP contribution in [0.5, 0.6) is 0 Å². The number of amides is 1. The molecular formula is C19H16F3IN4O3S. The molecule has 12 heteroatoms. The van der Waals surface area contributed by atoms with Crippen LogP contribution in [0.4, 0.5) is 24.5 Å². The number of nitro benzene ring substituents is 1. The Labute approximate surface area is 194 Å². The highest BCUT2D eigenvalue weighted by Crippen LogP contribution is 2.36. The summed E-state index contributed by atoms with van der Waals surface area (Å²) in [5.41, 5.74) is -1.06. The van der Waals surface area contributed by atoms with Gasteiger partial charge in [-0.2, -0.15) is 13.2 Å². The van der Waals surface area contributed by atoms with Crippen LogP contribution in [0.2, 0.25) is 0 Å². The second kappa shape index (κ2) is 9.34. The highest BCUT2D eigenvalue weighted by atomic mass is 127. The third-order valence-electron chi connectivity index (χ3n) is 4.75. The van der Waals surface area contributed by atoms with Crippen LogP contribution in [0.15, 0.2) is 42.5 Å². The number of piperazine rings is 1. The fourth-order valence-electron chi connectivity index (χ4n) is 3.15. The van der Waals surface area contributed by atoms with E-state index in [1.54, 1.807) is 28.0 Å². The summed E-state index contributed by atoms with van der Waals surface area (Å²) in [6.45, 7) is 1.29. The normalized spacial score (nSPS) is 14.3. The van der Waals surface area contributed by atoms with Crippen molar-refractivity contribution in [3.63, 3.8) is 0 Å². The highest BCUT2D eigenvalue weighted by molar-refractivity contribution is 14.1. The average molecular weight is 564 g/mol. The number of anilines is 1. The minimum absolute atomic E-state index is 0.117. The van der Waals surface area contributed by atoms with Gasteiger partial charge >= 0.3 is 6.18 Å². The van der Waals surface area contributed by atoms with E-state index in [1.807, 2.05) is 6.07 Å². The van der Waals surface area contributed by atoms with E-state index < -0.39 is 22.4 Å². The van der Waals surface area contributed by atoms with E-state index in [1.165, 1.54) is 0 Å². The van der Waals surface area contributed by atoms with E-state index in [9.17, 15) is 28.1 Å². The molecule has 0 saturated carbocycles. The summed E-state index contributed by atoms with van der Waals surface area (Å²) in [5.74, 6) is -0.337. The lowest BCUT2D eigenvalue weighted by atomic mass is 10.1. The number of nitro groups is 1. The van der Waals surface area contributed by atoms with Gasteiger partial charge in [0, 0.05) is 35.8 Å². The van der Waals surface area contributed by atoms with Crippen molar-refractivity contribution in [1.82, 2.24) is 10.2 Å². The minimum Gasteiger partial charge on any atom is -0.362 e. The monoisotopic (exact) mass is 564 g/mol. The first kappa shape index (κ1) is 23.2. The van der Waals surface area contributed by atoms with Crippen LogP contribution in [-0.4, -0.2) is 47.0 Å². The van der Waals surface area contributed by atoms with E-state index in [0.29, 0.717) is 37.8 Å². The number of alkyl halides is 3. The SMILES string of the molecule is O=C(NC(=S)N1CCN(c2ccc(C(F)(F)F)cc2[N+](=O)[O-])CC1)c1ccccc1I. The molecular weight excluding hydrogens is 548 g/mol. The minimum atomic E-state index is -4.66. The second-order valence-electron chi connectivity index (χ2n) is 6.67. The van der Waals surface area contributed by atoms with Crippen LogP contribution in [0.1, 0.15) is 15.9 Å². The van der Waals surface area contributed by atoms with Crippen molar-refractivity contribution in [2.75, 3.05) is 31.1 Å². The van der Waals surface area contributed by atoms with E-state index in [0.717, 1.165) is 15.7 Å². The Hall–Kier alpha value is -2.48. The van der Waals surface area contributed by atoms with Gasteiger partial charge in [0.05, 0.1) is 16.1 Å². The van der Waals surface area contributed by atoms with Crippen molar-refractivity contribution in [3.05, 3.63) is 67.3 Å². The Kier molecular flexibility index (Phi) is 6.99. The lowest BCUT2D eigenvalue weighted by Gasteiger charge is -2.37. The quantitative estimate of drug-likeness (QED) is 0.263. The van der Waals surface area contributed by atoms with Gasteiger partial charge in [0.1, 0.15) is 5.69 Å². The average Bonchev–Trinajstić information content (AvgIpc) is 2.73. The number of halogens is 4. The maximum Gasteiger partial charge on any atom is 0.416 e. The van der Waals surface area contributed by atoms with Crippen molar-refractivity contribution >= 4 is 57.2 Å². The number of hydrogen-bond donors (Lipinski definition) is 1. The topological polar surface area (TPSA) is 78.7 Å². The summed E-state index contributed by atoms with van der Waals surface area (Å²) in [4.78, 5) is 26.3. The maximum absolute atomic E-state index is 12.9. The molecule has 1 fully saturated rings. The van der Waals surface area contributed by atoms with Gasteiger partial charge in [0.25, 0.3) is 11.6 Å². The van der Waals surface area contributed by atoms with Crippen LogP contribution < -0.4 is 10.2 Å². The number of thiocarbonyl (C=S) groups is 1. The van der Waals surface area contributed by atoms with E-state index >= 15 is 0 Å². The Balaban J connectivity index is 1.67. The molecule has 0 aromatic heterocycles. The molecule has 1 aliphatic heterocycles. The smallest absolute Gasteiger partial charge is 0.362 e. The van der Waals surface area contributed by atoms with Gasteiger partial charge in [-0.25, -0.2) is 0 Å². The first-order valence-corrected chi connectivity index (χ1v) is 10.5. The summed E-state index contributed by atoms with van der Waals surface area (Å²) >= 11 is 7.37. The number of hydrogen-bond acceptors (Lipinski definition) is 5. The number of carbonyl (C=O) groups is 1. The van der Waals surface area contributed by atoms with Crippen LogP contribution >= 0.6 is 34.8 Å². The van der Waals surface area contributed by atoms with Crippen molar-refractivity contribution in [1.29, 1.82) is 0 Å². The Bertz CT molecular complexity index is 1030. The molecule has 0 spiro atoms. The molecule has 0 unspecified atom stereocenters. The van der Waals surface area contributed by atoms with Crippen molar-refractivity contribution in [2.24, 2.45) is 0 Å². The molecule has 2 aromatic rings. The first-order chi connectivity index (χ1) is 14.6. The number of nitrogens with zero attached hydrogens (tertiary/aromatic N) is 3. The molecule has 1 saturated heterocycles. The molecule has 0 aliphatic carbocycles. The van der Waals surface area contributed by atoms with Crippen LogP contribution in [-0.2, 0) is 6.18 Å². The summed E-state index contributed by atoms with van der Waals surface area (Å²) in [6, 6.07) is 9.55. The summed E-state index contributed by atoms with van der Waals surface area (Å²) < 4.78 is 39.5. The van der Waals surface area contributed by atoms with E-state index in [2.05, 4.69) is 27.9 Å². The van der Waals surface area contributed by atoms with Gasteiger partial charge in [-0.15, -0.1) is 0 Å². The largest absolute Gasteiger partial charge is 0.416 e. The second-order valence-corrected chi connectivity index (χ2v) is 8.22. The molecule has 31 heavy (non-hydrogen) atoms. The van der Waals surface area contributed by atoms with Crippen molar-refractivity contribution < 1.29 is 22.9 Å². The Morgan fingerprint density at radius 3 is 2.35 bits per heavy atom. The number of nitrogens with one attached hydrogen (secondary N) is 1. The third-order valence-corrected chi connectivity index (χ3v) is 6.05. The number of carbonyl (C=O) groups excluding carboxylic acids is 1. The predicted octanol–water partition coefficient (Wildman–Crippen LogP) is 4.06. The zero-order valence-corrected chi connectivity index (χ0v) is 18.8. The lowest BCUT2D eigenvalue weighted by Crippen LogP contribution is -2.52. The molecule has 1 aliphatic rings. The van der Waals surface area contributed by atoms with Crippen LogP contribution in [0.25, 0.3) is 0 Å². The number of benzene rings is 2. The van der Waals surface area contributed by atoms with Gasteiger partial charge in [0.2, 0.25) is 0 Å². The standard InChI is InChI=1S/C19H16F3IN4O3S/c20-19(21,22)12-5-6-15(16(11-12)27(29)30)25-7-9-26(10-8-25)18(31)24-17(28)13-3-1-2-4-14(13)23/h1-6,11H,7-10H2,(H,24,28,31). The molecule has 0 bridgehead atoms. The molecule has 1 N–H and O–H groups in total. The summed E-state index contributed by atoms with van der Waals surface area (Å²) in [6.07, 6.45) is -4.66. The third kappa shape index (κ3) is 5.42. The fraction of sp³-hybridized carbons (Fsp3) is 0.263. The summed E-state index contributed by atoms with van der Waals surface area (Å²) in [5, 5.41) is 14.2. The zero-order chi connectivity index (χ0) is 22.8. The van der Waals surface area contributed by atoms with Gasteiger partial charge < -0.3 is 9.80 Å². The molecule has 1 heterocycles. The van der Waals surface area contributed by atoms with Gasteiger partial charge in [0.15, 0.2) is 5.11 Å². The van der Waals surface area contributed by atoms with Gasteiger partial charge in [-0.1, -0.05) is 12.1 Å². The Morgan fingerprint density at radius 2 is 1.77 bits per heavy atom. The van der Waals surface area contributed by atoms with E-state index in [4.69, 9.17) is 12.2 Å². The molecule has 164 valence electrons. The molecule has 0 radical (unpaired) electrons. The maximum atomic E-state index is 12.9. The number of rotatable bonds is 3. The highest BCUT2D eigenvalue weighted by Gasteiger charge is 2.34. The van der Waals surface area contributed by atoms with Crippen molar-refractivity contribution in [3.8, 4) is 0 Å². The predicted molar refractivity (Wildman–Crippen MR) is 121 cm³/mol. The van der Waals surface area contributed by atoms with Gasteiger partial charge in [-0.05, 0) is 59.1 Å². The first-order valence-electron chi connectivity index (χ1n) is 9.03. The summed E-state index contributed by atoms with van der Waals surface area (Å²) in [7, 11) is 0. The lowest BCUT2D eigenvalue weighted by molar-refractivity contribution is -0.384. The van der Waals surface area contributed by atoms with Crippen LogP contribution in [0, 0.1) is 13.7 Å². The molecule has 7 nitrogen and oxygen atoms in total.